The second kappa shape index (κ2) is 6.62. The van der Waals surface area contributed by atoms with E-state index in [1.807, 2.05) is 0 Å². The molecule has 1 aromatic rings. The maximum absolute atomic E-state index is 12.7. The zero-order valence-electron chi connectivity index (χ0n) is 11.2. The average Bonchev–Trinajstić information content (AvgIpc) is 2.78. The van der Waals surface area contributed by atoms with Gasteiger partial charge < -0.3 is 9.64 Å². The molecule has 1 aromatic carbocycles. The fourth-order valence-electron chi connectivity index (χ4n) is 2.12. The highest BCUT2D eigenvalue weighted by Gasteiger charge is 2.36. The van der Waals surface area contributed by atoms with Crippen LogP contribution in [-0.2, 0) is 13.8 Å². The van der Waals surface area contributed by atoms with Gasteiger partial charge in [0.1, 0.15) is 16.8 Å². The number of rotatable bonds is 6. The Hall–Kier alpha value is -1.34. The summed E-state index contributed by atoms with van der Waals surface area (Å²) in [7, 11) is 1.56. The third-order valence-electron chi connectivity index (χ3n) is 3.23. The lowest BCUT2D eigenvalue weighted by atomic mass is 10.3. The standard InChI is InChI=1S/C13H15ClFNO4S/c14-21(18,19)12-8-13(17)16(9-12)6-1-7-20-11-4-2-10(15)3-5-11/h2-5,12H,1,6-9H2. The predicted molar refractivity (Wildman–Crippen MR) is 76.3 cm³/mol. The van der Waals surface area contributed by atoms with Gasteiger partial charge in [-0.15, -0.1) is 0 Å². The molecule has 1 aliphatic rings. The third-order valence-corrected chi connectivity index (χ3v) is 5.10. The highest BCUT2D eigenvalue weighted by molar-refractivity contribution is 8.14. The Kier molecular flexibility index (Phi) is 5.05. The monoisotopic (exact) mass is 335 g/mol. The number of benzene rings is 1. The predicted octanol–water partition coefficient (Wildman–Crippen LogP) is 1.76. The lowest BCUT2D eigenvalue weighted by Crippen LogP contribution is -2.29. The molecule has 0 saturated carbocycles. The molecule has 1 aliphatic heterocycles. The Morgan fingerprint density at radius 1 is 1.33 bits per heavy atom. The smallest absolute Gasteiger partial charge is 0.237 e. The van der Waals surface area contributed by atoms with Crippen molar-refractivity contribution < 1.29 is 22.3 Å². The topological polar surface area (TPSA) is 63.7 Å². The van der Waals surface area contributed by atoms with E-state index in [4.69, 9.17) is 15.4 Å². The zero-order chi connectivity index (χ0) is 15.5. The summed E-state index contributed by atoms with van der Waals surface area (Å²) in [6.07, 6.45) is 0.489. The second-order valence-corrected chi connectivity index (χ2v) is 7.71. The van der Waals surface area contributed by atoms with E-state index >= 15 is 0 Å². The number of carbonyl (C=O) groups is 1. The number of carbonyl (C=O) groups excluding carboxylic acids is 1. The van der Waals surface area contributed by atoms with Gasteiger partial charge in [0.05, 0.1) is 6.61 Å². The summed E-state index contributed by atoms with van der Waals surface area (Å²) in [6, 6.07) is 5.64. The van der Waals surface area contributed by atoms with Crippen LogP contribution >= 0.6 is 10.7 Å². The van der Waals surface area contributed by atoms with Gasteiger partial charge in [-0.3, -0.25) is 4.79 Å². The largest absolute Gasteiger partial charge is 0.494 e. The Morgan fingerprint density at radius 2 is 2.00 bits per heavy atom. The summed E-state index contributed by atoms with van der Waals surface area (Å²) in [5.41, 5.74) is 0. The van der Waals surface area contributed by atoms with E-state index < -0.39 is 14.3 Å². The van der Waals surface area contributed by atoms with Crippen LogP contribution in [0.25, 0.3) is 0 Å². The summed E-state index contributed by atoms with van der Waals surface area (Å²) >= 11 is 0. The Balaban J connectivity index is 1.74. The van der Waals surface area contributed by atoms with Gasteiger partial charge in [-0.25, -0.2) is 12.8 Å². The highest BCUT2D eigenvalue weighted by atomic mass is 35.7. The van der Waals surface area contributed by atoms with Gasteiger partial charge in [0.2, 0.25) is 15.0 Å². The van der Waals surface area contributed by atoms with Gasteiger partial charge in [-0.1, -0.05) is 0 Å². The normalized spacial score (nSPS) is 19.0. The van der Waals surface area contributed by atoms with Crippen molar-refractivity contribution in [3.63, 3.8) is 0 Å². The van der Waals surface area contributed by atoms with Gasteiger partial charge >= 0.3 is 0 Å². The van der Waals surface area contributed by atoms with Crippen molar-refractivity contribution in [2.45, 2.75) is 18.1 Å². The van der Waals surface area contributed by atoms with Crippen molar-refractivity contribution >= 4 is 25.6 Å². The summed E-state index contributed by atoms with van der Waals surface area (Å²) in [4.78, 5) is 13.1. The lowest BCUT2D eigenvalue weighted by Gasteiger charge is -2.16. The van der Waals surface area contributed by atoms with Gasteiger partial charge in [0.15, 0.2) is 0 Å². The van der Waals surface area contributed by atoms with Crippen molar-refractivity contribution in [2.24, 2.45) is 0 Å². The molecular weight excluding hydrogens is 321 g/mol. The number of likely N-dealkylation sites (tertiary alicyclic amines) is 1. The number of ether oxygens (including phenoxy) is 1. The molecule has 0 radical (unpaired) electrons. The van der Waals surface area contributed by atoms with Crippen LogP contribution in [0.1, 0.15) is 12.8 Å². The molecule has 1 saturated heterocycles. The van der Waals surface area contributed by atoms with Crippen LogP contribution in [-0.4, -0.2) is 44.2 Å². The fraction of sp³-hybridized carbons (Fsp3) is 0.462. The van der Waals surface area contributed by atoms with Crippen LogP contribution in [0.5, 0.6) is 5.75 Å². The highest BCUT2D eigenvalue weighted by Crippen LogP contribution is 2.21. The van der Waals surface area contributed by atoms with E-state index in [1.165, 1.54) is 29.2 Å². The van der Waals surface area contributed by atoms with Gasteiger partial charge in [-0.2, -0.15) is 0 Å². The Morgan fingerprint density at radius 3 is 2.57 bits per heavy atom. The number of halogens is 2. The van der Waals surface area contributed by atoms with Crippen LogP contribution in [0.2, 0.25) is 0 Å². The molecule has 1 amide bonds. The number of nitrogens with zero attached hydrogens (tertiary/aromatic N) is 1. The molecule has 1 atom stereocenters. The molecule has 0 aliphatic carbocycles. The zero-order valence-corrected chi connectivity index (χ0v) is 12.7. The van der Waals surface area contributed by atoms with E-state index in [2.05, 4.69) is 0 Å². The minimum atomic E-state index is -3.70. The quantitative estimate of drug-likeness (QED) is 0.587. The molecule has 0 aromatic heterocycles. The Bertz CT molecular complexity index is 605. The first-order chi connectivity index (χ1) is 9.86. The molecule has 0 N–H and O–H groups in total. The number of amides is 1. The SMILES string of the molecule is O=C1CC(S(=O)(=O)Cl)CN1CCCOc1ccc(F)cc1. The van der Waals surface area contributed by atoms with Crippen LogP contribution in [0.4, 0.5) is 4.39 Å². The van der Waals surface area contributed by atoms with Crippen LogP contribution in [0.3, 0.4) is 0 Å². The minimum Gasteiger partial charge on any atom is -0.494 e. The summed E-state index contributed by atoms with van der Waals surface area (Å²) in [5.74, 6) is -0.00490. The first-order valence-electron chi connectivity index (χ1n) is 6.46. The van der Waals surface area contributed by atoms with Gasteiger partial charge in [-0.05, 0) is 30.7 Å². The van der Waals surface area contributed by atoms with Crippen molar-refractivity contribution in [1.82, 2.24) is 4.90 Å². The van der Waals surface area contributed by atoms with Crippen LogP contribution in [0, 0.1) is 5.82 Å². The fourth-order valence-corrected chi connectivity index (χ4v) is 3.17. The molecule has 1 heterocycles. The van der Waals surface area contributed by atoms with Crippen molar-refractivity contribution in [2.75, 3.05) is 19.7 Å². The van der Waals surface area contributed by atoms with E-state index in [0.29, 0.717) is 25.3 Å². The molecule has 2 rings (SSSR count). The molecular formula is C13H15ClFNO4S. The molecule has 116 valence electrons. The molecule has 1 unspecified atom stereocenters. The van der Waals surface area contributed by atoms with Crippen molar-refractivity contribution in [3.05, 3.63) is 30.1 Å². The number of hydrogen-bond donors (Lipinski definition) is 0. The van der Waals surface area contributed by atoms with Crippen LogP contribution < -0.4 is 4.74 Å². The Labute approximate surface area is 127 Å². The maximum Gasteiger partial charge on any atom is 0.237 e. The molecule has 0 bridgehead atoms. The molecule has 1 fully saturated rings. The second-order valence-electron chi connectivity index (χ2n) is 4.80. The van der Waals surface area contributed by atoms with Crippen molar-refractivity contribution in [1.29, 1.82) is 0 Å². The molecule has 8 heteroatoms. The molecule has 5 nitrogen and oxygen atoms in total. The molecule has 21 heavy (non-hydrogen) atoms. The van der Waals surface area contributed by atoms with Gasteiger partial charge in [0, 0.05) is 30.2 Å². The van der Waals surface area contributed by atoms with E-state index in [-0.39, 0.29) is 24.7 Å². The average molecular weight is 336 g/mol. The van der Waals surface area contributed by atoms with Gasteiger partial charge in [0.25, 0.3) is 0 Å². The first kappa shape index (κ1) is 16.0. The van der Waals surface area contributed by atoms with E-state index in [1.54, 1.807) is 0 Å². The first-order valence-corrected chi connectivity index (χ1v) is 8.83. The summed E-state index contributed by atoms with van der Waals surface area (Å²) in [6.45, 7) is 0.887. The third kappa shape index (κ3) is 4.57. The maximum atomic E-state index is 12.7. The van der Waals surface area contributed by atoms with E-state index in [9.17, 15) is 17.6 Å². The van der Waals surface area contributed by atoms with E-state index in [0.717, 1.165) is 0 Å². The minimum absolute atomic E-state index is 0.0648. The number of hydrogen-bond acceptors (Lipinski definition) is 4. The lowest BCUT2D eigenvalue weighted by molar-refractivity contribution is -0.127. The summed E-state index contributed by atoms with van der Waals surface area (Å²) < 4.78 is 40.5. The summed E-state index contributed by atoms with van der Waals surface area (Å²) in [5, 5.41) is -0.829. The van der Waals surface area contributed by atoms with Crippen LogP contribution in [0.15, 0.2) is 24.3 Å². The molecule has 0 spiro atoms. The van der Waals surface area contributed by atoms with Crippen molar-refractivity contribution in [3.8, 4) is 5.75 Å².